The van der Waals surface area contributed by atoms with Crippen LogP contribution >= 0.6 is 0 Å². The molecule has 0 saturated carbocycles. The second kappa shape index (κ2) is 10.6. The monoisotopic (exact) mass is 445 g/mol. The third-order valence-corrected chi connectivity index (χ3v) is 6.26. The average Bonchev–Trinajstić information content (AvgIpc) is 3.25. The number of benzene rings is 2. The molecule has 0 fully saturated rings. The Kier molecular flexibility index (Phi) is 7.37. The van der Waals surface area contributed by atoms with Gasteiger partial charge >= 0.3 is 0 Å². The lowest BCUT2D eigenvalue weighted by atomic mass is 10.1. The number of hydrogen-bond donors (Lipinski definition) is 2. The first-order valence-corrected chi connectivity index (χ1v) is 11.6. The van der Waals surface area contributed by atoms with Gasteiger partial charge in [0.1, 0.15) is 5.69 Å². The van der Waals surface area contributed by atoms with Gasteiger partial charge in [-0.15, -0.1) is 0 Å². The molecule has 1 heterocycles. The highest BCUT2D eigenvalue weighted by atomic mass is 16.5. The minimum atomic E-state index is -0.348. The molecular weight excluding hydrogens is 414 g/mol. The molecule has 0 aliphatic heterocycles. The summed E-state index contributed by atoms with van der Waals surface area (Å²) in [5.74, 6) is -0.212. The summed E-state index contributed by atoms with van der Waals surface area (Å²) in [6.07, 6.45) is 2.56. The van der Waals surface area contributed by atoms with E-state index >= 15 is 0 Å². The van der Waals surface area contributed by atoms with Crippen molar-refractivity contribution in [1.29, 1.82) is 0 Å². The summed E-state index contributed by atoms with van der Waals surface area (Å²) in [6, 6.07) is 21.5. The summed E-state index contributed by atoms with van der Waals surface area (Å²) in [6.45, 7) is 2.75. The highest BCUT2D eigenvalue weighted by molar-refractivity contribution is 5.94. The van der Waals surface area contributed by atoms with Gasteiger partial charge in [-0.1, -0.05) is 61.5 Å². The van der Waals surface area contributed by atoms with Crippen LogP contribution in [-0.4, -0.2) is 36.3 Å². The van der Waals surface area contributed by atoms with E-state index in [0.717, 1.165) is 24.1 Å². The van der Waals surface area contributed by atoms with E-state index in [0.29, 0.717) is 19.6 Å². The molecular formula is C27H31N3O3. The number of aromatic nitrogens is 1. The van der Waals surface area contributed by atoms with Crippen molar-refractivity contribution < 1.29 is 9.53 Å². The number of likely N-dealkylation sites (N-methyl/N-ethyl adjacent to an activating group) is 1. The summed E-state index contributed by atoms with van der Waals surface area (Å²) >= 11 is 0. The van der Waals surface area contributed by atoms with Gasteiger partial charge in [0.25, 0.3) is 5.56 Å². The summed E-state index contributed by atoms with van der Waals surface area (Å²) < 4.78 is 7.87. The molecule has 0 saturated heterocycles. The number of carbonyl (C=O) groups is 1. The van der Waals surface area contributed by atoms with E-state index in [9.17, 15) is 9.59 Å². The van der Waals surface area contributed by atoms with Crippen LogP contribution in [0.25, 0.3) is 11.3 Å². The Balaban J connectivity index is 1.53. The minimum absolute atomic E-state index is 0.127. The molecule has 2 aromatic carbocycles. The molecule has 0 unspecified atom stereocenters. The van der Waals surface area contributed by atoms with Crippen molar-refractivity contribution in [3.63, 3.8) is 0 Å². The fourth-order valence-electron chi connectivity index (χ4n) is 4.44. The number of nitrogens with one attached hydrogen (secondary N) is 2. The maximum atomic E-state index is 13.4. The van der Waals surface area contributed by atoms with Crippen LogP contribution in [0.2, 0.25) is 0 Å². The van der Waals surface area contributed by atoms with E-state index in [4.69, 9.17) is 4.74 Å². The van der Waals surface area contributed by atoms with Gasteiger partial charge < -0.3 is 19.9 Å². The predicted molar refractivity (Wildman–Crippen MR) is 131 cm³/mol. The number of hydrogen-bond acceptors (Lipinski definition) is 4. The van der Waals surface area contributed by atoms with Crippen LogP contribution in [0, 0.1) is 0 Å². The number of carbonyl (C=O) groups excluding carboxylic acids is 1. The largest absolute Gasteiger partial charge is 0.376 e. The zero-order valence-corrected chi connectivity index (χ0v) is 19.2. The summed E-state index contributed by atoms with van der Waals surface area (Å²) in [4.78, 5) is 25.9. The normalized spacial score (nSPS) is 14.1. The maximum absolute atomic E-state index is 13.4. The number of ether oxygens (including phenoxy) is 1. The summed E-state index contributed by atoms with van der Waals surface area (Å²) in [5, 5.41) is 5.77. The number of anilines is 1. The lowest BCUT2D eigenvalue weighted by Crippen LogP contribution is -2.39. The summed E-state index contributed by atoms with van der Waals surface area (Å²) in [7, 11) is 1.74. The molecule has 0 bridgehead atoms. The molecule has 1 aliphatic rings. The SMILES string of the molecule is CC[C@H](NC)C(=O)Nc1ccc(-c2ccccc2)n(CCOC2Cc3ccccc3C2)c1=O. The Hall–Kier alpha value is -3.22. The van der Waals surface area contributed by atoms with Gasteiger partial charge in [0.15, 0.2) is 0 Å². The fraction of sp³-hybridized carbons (Fsp3) is 0.333. The van der Waals surface area contributed by atoms with Crippen LogP contribution in [0.5, 0.6) is 0 Å². The zero-order chi connectivity index (χ0) is 23.2. The van der Waals surface area contributed by atoms with E-state index < -0.39 is 0 Å². The van der Waals surface area contributed by atoms with E-state index in [1.165, 1.54) is 11.1 Å². The summed E-state index contributed by atoms with van der Waals surface area (Å²) in [5.41, 5.74) is 4.48. The van der Waals surface area contributed by atoms with Crippen LogP contribution in [-0.2, 0) is 28.9 Å². The van der Waals surface area contributed by atoms with Crippen LogP contribution < -0.4 is 16.2 Å². The Morgan fingerprint density at radius 1 is 1.03 bits per heavy atom. The van der Waals surface area contributed by atoms with Crippen molar-refractivity contribution in [2.24, 2.45) is 0 Å². The van der Waals surface area contributed by atoms with Gasteiger partial charge in [0.05, 0.1) is 24.4 Å². The van der Waals surface area contributed by atoms with Gasteiger partial charge in [-0.05, 0) is 55.1 Å². The standard InChI is InChI=1S/C27H31N3O3/c1-3-23(28-2)26(31)29-24-13-14-25(19-9-5-4-6-10-19)30(27(24)32)15-16-33-22-17-20-11-7-8-12-21(20)18-22/h4-14,22-23,28H,3,15-18H2,1-2H3,(H,29,31)/t23-/m0/s1. The van der Waals surface area contributed by atoms with Crippen molar-refractivity contribution in [1.82, 2.24) is 9.88 Å². The van der Waals surface area contributed by atoms with Crippen molar-refractivity contribution in [3.8, 4) is 11.3 Å². The van der Waals surface area contributed by atoms with E-state index in [-0.39, 0.29) is 29.3 Å². The molecule has 1 aromatic heterocycles. The van der Waals surface area contributed by atoms with Crippen molar-refractivity contribution in [2.75, 3.05) is 19.0 Å². The Morgan fingerprint density at radius 2 is 1.70 bits per heavy atom. The smallest absolute Gasteiger partial charge is 0.274 e. The van der Waals surface area contributed by atoms with Gasteiger partial charge in [0, 0.05) is 6.54 Å². The number of nitrogens with zero attached hydrogens (tertiary/aromatic N) is 1. The van der Waals surface area contributed by atoms with Crippen molar-refractivity contribution in [3.05, 3.63) is 88.2 Å². The van der Waals surface area contributed by atoms with Crippen LogP contribution in [0.1, 0.15) is 24.5 Å². The predicted octanol–water partition coefficient (Wildman–Crippen LogP) is 3.64. The number of amides is 1. The Morgan fingerprint density at radius 3 is 2.33 bits per heavy atom. The van der Waals surface area contributed by atoms with E-state index in [1.54, 1.807) is 17.7 Å². The van der Waals surface area contributed by atoms with E-state index in [2.05, 4.69) is 34.9 Å². The highest BCUT2D eigenvalue weighted by Gasteiger charge is 2.22. The molecule has 0 radical (unpaired) electrons. The van der Waals surface area contributed by atoms with Crippen LogP contribution in [0.15, 0.2) is 71.5 Å². The lowest BCUT2D eigenvalue weighted by molar-refractivity contribution is -0.118. The zero-order valence-electron chi connectivity index (χ0n) is 19.2. The maximum Gasteiger partial charge on any atom is 0.274 e. The quantitative estimate of drug-likeness (QED) is 0.528. The molecule has 3 aromatic rings. The Bertz CT molecular complexity index is 1130. The van der Waals surface area contributed by atoms with Gasteiger partial charge in [-0.2, -0.15) is 0 Å². The highest BCUT2D eigenvalue weighted by Crippen LogP contribution is 2.24. The molecule has 172 valence electrons. The third kappa shape index (κ3) is 5.24. The van der Waals surface area contributed by atoms with Crippen molar-refractivity contribution in [2.45, 2.75) is 44.9 Å². The second-order valence-electron chi connectivity index (χ2n) is 8.36. The van der Waals surface area contributed by atoms with Gasteiger partial charge in [-0.25, -0.2) is 0 Å². The fourth-order valence-corrected chi connectivity index (χ4v) is 4.44. The molecule has 1 atom stereocenters. The number of rotatable bonds is 9. The van der Waals surface area contributed by atoms with E-state index in [1.807, 2.05) is 43.3 Å². The van der Waals surface area contributed by atoms with Gasteiger partial charge in [-0.3, -0.25) is 9.59 Å². The lowest BCUT2D eigenvalue weighted by Gasteiger charge is -2.18. The topological polar surface area (TPSA) is 72.4 Å². The first-order chi connectivity index (χ1) is 16.1. The van der Waals surface area contributed by atoms with Crippen molar-refractivity contribution >= 4 is 11.6 Å². The average molecular weight is 446 g/mol. The Labute approximate surface area is 194 Å². The molecule has 6 heteroatoms. The molecule has 1 aliphatic carbocycles. The molecule has 6 nitrogen and oxygen atoms in total. The second-order valence-corrected chi connectivity index (χ2v) is 8.36. The minimum Gasteiger partial charge on any atom is -0.376 e. The van der Waals surface area contributed by atoms with Gasteiger partial charge in [0.2, 0.25) is 5.91 Å². The molecule has 0 spiro atoms. The molecule has 4 rings (SSSR count). The first-order valence-electron chi connectivity index (χ1n) is 11.6. The first kappa shape index (κ1) is 23.0. The third-order valence-electron chi connectivity index (χ3n) is 6.26. The number of fused-ring (bicyclic) bond motifs is 1. The molecule has 33 heavy (non-hydrogen) atoms. The van der Waals surface area contributed by atoms with Crippen LogP contribution in [0.3, 0.4) is 0 Å². The van der Waals surface area contributed by atoms with Crippen LogP contribution in [0.4, 0.5) is 5.69 Å². The molecule has 1 amide bonds. The molecule has 2 N–H and O–H groups in total. The number of pyridine rings is 1.